The molecule has 3 rings (SSSR count). The molecule has 2 saturated heterocycles. The highest BCUT2D eigenvalue weighted by Crippen LogP contribution is 2.29. The molecule has 1 aromatic rings. The Balaban J connectivity index is 1.74. The summed E-state index contributed by atoms with van der Waals surface area (Å²) in [4.78, 5) is 9.78. The van der Waals surface area contributed by atoms with Gasteiger partial charge in [0.1, 0.15) is 0 Å². The van der Waals surface area contributed by atoms with Crippen LogP contribution in [0.5, 0.6) is 0 Å². The van der Waals surface area contributed by atoms with Gasteiger partial charge in [-0.25, -0.2) is 4.99 Å². The van der Waals surface area contributed by atoms with Gasteiger partial charge in [-0.05, 0) is 30.4 Å². The fraction of sp³-hybridized carbons (Fsp3) is 0.650. The van der Waals surface area contributed by atoms with Crippen LogP contribution in [-0.4, -0.2) is 56.8 Å². The number of benzene rings is 1. The largest absolute Gasteiger partial charge is 0.378 e. The van der Waals surface area contributed by atoms with E-state index in [1.807, 2.05) is 0 Å². The Morgan fingerprint density at radius 1 is 1.20 bits per heavy atom. The number of rotatable bonds is 4. The minimum atomic E-state index is 0.377. The van der Waals surface area contributed by atoms with Gasteiger partial charge in [0.25, 0.3) is 0 Å². The normalized spacial score (nSPS) is 20.8. The van der Waals surface area contributed by atoms with E-state index in [0.717, 1.165) is 51.9 Å². The van der Waals surface area contributed by atoms with Gasteiger partial charge in [-0.2, -0.15) is 0 Å². The lowest BCUT2D eigenvalue weighted by Crippen LogP contribution is -2.40. The molecule has 5 heteroatoms. The van der Waals surface area contributed by atoms with Gasteiger partial charge in [0.15, 0.2) is 5.96 Å². The van der Waals surface area contributed by atoms with Crippen molar-refractivity contribution in [1.29, 1.82) is 0 Å². The molecule has 2 heterocycles. The summed E-state index contributed by atoms with van der Waals surface area (Å²) in [7, 11) is 0. The molecule has 0 saturated carbocycles. The minimum Gasteiger partial charge on any atom is -0.378 e. The highest BCUT2D eigenvalue weighted by atomic mass is 16.5. The van der Waals surface area contributed by atoms with Crippen LogP contribution in [0.3, 0.4) is 0 Å². The molecule has 0 aliphatic carbocycles. The zero-order valence-corrected chi connectivity index (χ0v) is 15.9. The van der Waals surface area contributed by atoms with Crippen LogP contribution in [0, 0.1) is 5.41 Å². The van der Waals surface area contributed by atoms with Crippen molar-refractivity contribution >= 4 is 11.6 Å². The monoisotopic (exact) mass is 344 g/mol. The summed E-state index contributed by atoms with van der Waals surface area (Å²) < 4.78 is 5.49. The van der Waals surface area contributed by atoms with Crippen molar-refractivity contribution in [2.45, 2.75) is 33.7 Å². The SMILES string of the molecule is CCNC(=NCc1ccccc1N1CCOCC1)N1CCC(C)(C)C1. The van der Waals surface area contributed by atoms with Crippen LogP contribution in [0.2, 0.25) is 0 Å². The fourth-order valence-electron chi connectivity index (χ4n) is 3.64. The molecular formula is C20H32N4O. The number of guanidine groups is 1. The van der Waals surface area contributed by atoms with Crippen LogP contribution in [0.4, 0.5) is 5.69 Å². The first-order valence-corrected chi connectivity index (χ1v) is 9.53. The summed E-state index contributed by atoms with van der Waals surface area (Å²) in [6.45, 7) is 14.1. The molecule has 0 aromatic heterocycles. The molecule has 2 aliphatic heterocycles. The van der Waals surface area contributed by atoms with Crippen molar-refractivity contribution in [3.8, 4) is 0 Å². The van der Waals surface area contributed by atoms with Crippen LogP contribution in [0.25, 0.3) is 0 Å². The topological polar surface area (TPSA) is 40.1 Å². The summed E-state index contributed by atoms with van der Waals surface area (Å²) in [6.07, 6.45) is 1.22. The first kappa shape index (κ1) is 18.1. The van der Waals surface area contributed by atoms with Crippen LogP contribution < -0.4 is 10.2 Å². The van der Waals surface area contributed by atoms with Crippen molar-refractivity contribution in [3.63, 3.8) is 0 Å². The second-order valence-electron chi connectivity index (χ2n) is 7.73. The molecule has 5 nitrogen and oxygen atoms in total. The number of nitrogens with zero attached hydrogens (tertiary/aromatic N) is 3. The van der Waals surface area contributed by atoms with E-state index < -0.39 is 0 Å². The number of nitrogens with one attached hydrogen (secondary N) is 1. The van der Waals surface area contributed by atoms with Crippen molar-refractivity contribution in [1.82, 2.24) is 10.2 Å². The third-order valence-corrected chi connectivity index (χ3v) is 5.05. The van der Waals surface area contributed by atoms with Crippen LogP contribution in [0.15, 0.2) is 29.3 Å². The zero-order valence-electron chi connectivity index (χ0n) is 15.9. The smallest absolute Gasteiger partial charge is 0.194 e. The number of hydrogen-bond acceptors (Lipinski definition) is 3. The fourth-order valence-corrected chi connectivity index (χ4v) is 3.64. The van der Waals surface area contributed by atoms with E-state index in [4.69, 9.17) is 9.73 Å². The molecule has 138 valence electrons. The third-order valence-electron chi connectivity index (χ3n) is 5.05. The molecule has 1 N–H and O–H groups in total. The Morgan fingerprint density at radius 2 is 1.96 bits per heavy atom. The van der Waals surface area contributed by atoms with Crippen molar-refractivity contribution < 1.29 is 4.74 Å². The van der Waals surface area contributed by atoms with Gasteiger partial charge < -0.3 is 19.9 Å². The highest BCUT2D eigenvalue weighted by molar-refractivity contribution is 5.80. The Kier molecular flexibility index (Phi) is 5.84. The molecule has 25 heavy (non-hydrogen) atoms. The molecule has 0 unspecified atom stereocenters. The lowest BCUT2D eigenvalue weighted by Gasteiger charge is -2.30. The molecule has 0 bridgehead atoms. The average molecular weight is 345 g/mol. The number of hydrogen-bond donors (Lipinski definition) is 1. The van der Waals surface area contributed by atoms with E-state index in [9.17, 15) is 0 Å². The predicted octanol–water partition coefficient (Wildman–Crippen LogP) is 2.72. The number of aliphatic imine (C=N–C) groups is 1. The summed E-state index contributed by atoms with van der Waals surface area (Å²) >= 11 is 0. The van der Waals surface area contributed by atoms with E-state index in [1.165, 1.54) is 17.7 Å². The van der Waals surface area contributed by atoms with Gasteiger partial charge in [0, 0.05) is 38.4 Å². The van der Waals surface area contributed by atoms with Gasteiger partial charge in [-0.3, -0.25) is 0 Å². The first-order chi connectivity index (χ1) is 12.1. The molecule has 0 radical (unpaired) electrons. The van der Waals surface area contributed by atoms with E-state index in [0.29, 0.717) is 12.0 Å². The molecule has 0 amide bonds. The molecule has 2 aliphatic rings. The second-order valence-corrected chi connectivity index (χ2v) is 7.73. The third kappa shape index (κ3) is 4.66. The summed E-state index contributed by atoms with van der Waals surface area (Å²) in [5, 5.41) is 3.47. The number of likely N-dealkylation sites (tertiary alicyclic amines) is 1. The zero-order chi connectivity index (χ0) is 17.7. The van der Waals surface area contributed by atoms with Gasteiger partial charge in [-0.1, -0.05) is 32.0 Å². The summed E-state index contributed by atoms with van der Waals surface area (Å²) in [5.41, 5.74) is 2.97. The Bertz CT molecular complexity index is 593. The van der Waals surface area contributed by atoms with E-state index in [-0.39, 0.29) is 0 Å². The van der Waals surface area contributed by atoms with Gasteiger partial charge >= 0.3 is 0 Å². The molecule has 1 aromatic carbocycles. The van der Waals surface area contributed by atoms with E-state index >= 15 is 0 Å². The number of para-hydroxylation sites is 1. The van der Waals surface area contributed by atoms with Gasteiger partial charge in [0.2, 0.25) is 0 Å². The maximum absolute atomic E-state index is 5.49. The minimum absolute atomic E-state index is 0.377. The van der Waals surface area contributed by atoms with Gasteiger partial charge in [0.05, 0.1) is 19.8 Å². The number of anilines is 1. The summed E-state index contributed by atoms with van der Waals surface area (Å²) in [5.74, 6) is 1.05. The Hall–Kier alpha value is -1.75. The molecule has 0 atom stereocenters. The predicted molar refractivity (Wildman–Crippen MR) is 104 cm³/mol. The maximum atomic E-state index is 5.49. The van der Waals surface area contributed by atoms with Gasteiger partial charge in [-0.15, -0.1) is 0 Å². The quantitative estimate of drug-likeness (QED) is 0.673. The van der Waals surface area contributed by atoms with Crippen molar-refractivity contribution in [3.05, 3.63) is 29.8 Å². The molecular weight excluding hydrogens is 312 g/mol. The second kappa shape index (κ2) is 8.09. The van der Waals surface area contributed by atoms with Crippen LogP contribution in [0.1, 0.15) is 32.8 Å². The van der Waals surface area contributed by atoms with Crippen molar-refractivity contribution in [2.75, 3.05) is 50.8 Å². The van der Waals surface area contributed by atoms with Crippen molar-refractivity contribution in [2.24, 2.45) is 10.4 Å². The average Bonchev–Trinajstić information content (AvgIpc) is 2.99. The lowest BCUT2D eigenvalue weighted by molar-refractivity contribution is 0.122. The number of ether oxygens (including phenoxy) is 1. The summed E-state index contributed by atoms with van der Waals surface area (Å²) in [6, 6.07) is 8.64. The van der Waals surface area contributed by atoms with Crippen LogP contribution in [-0.2, 0) is 11.3 Å². The molecule has 0 spiro atoms. The number of morpholine rings is 1. The molecule has 2 fully saturated rings. The lowest BCUT2D eigenvalue weighted by atomic mass is 9.93. The highest BCUT2D eigenvalue weighted by Gasteiger charge is 2.30. The van der Waals surface area contributed by atoms with Crippen LogP contribution >= 0.6 is 0 Å². The Labute approximate surface area is 152 Å². The van der Waals surface area contributed by atoms with E-state index in [2.05, 4.69) is 60.2 Å². The standard InChI is InChI=1S/C20H32N4O/c1-4-21-19(24-10-9-20(2,3)16-24)22-15-17-7-5-6-8-18(17)23-11-13-25-14-12-23/h5-8H,4,9-16H2,1-3H3,(H,21,22). The van der Waals surface area contributed by atoms with E-state index in [1.54, 1.807) is 0 Å². The Morgan fingerprint density at radius 3 is 2.64 bits per heavy atom. The first-order valence-electron chi connectivity index (χ1n) is 9.53. The maximum Gasteiger partial charge on any atom is 0.194 e.